The topological polar surface area (TPSA) is 60.4 Å². The average molecular weight is 355 g/mol. The van der Waals surface area contributed by atoms with Crippen LogP contribution in [0.2, 0.25) is 0 Å². The van der Waals surface area contributed by atoms with E-state index in [2.05, 4.69) is 0 Å². The second-order valence-corrected chi connectivity index (χ2v) is 10.3. The fourth-order valence-corrected chi connectivity index (χ4v) is 3.63. The van der Waals surface area contributed by atoms with E-state index in [9.17, 15) is 13.2 Å². The predicted molar refractivity (Wildman–Crippen MR) is 96.8 cm³/mol. The monoisotopic (exact) mass is 354 g/mol. The molecule has 1 aromatic rings. The van der Waals surface area contributed by atoms with Gasteiger partial charge in [0.15, 0.2) is 9.84 Å². The Kier molecular flexibility index (Phi) is 6.76. The van der Waals surface area contributed by atoms with Crippen LogP contribution in [0.4, 0.5) is 0 Å². The van der Waals surface area contributed by atoms with Crippen LogP contribution in [0.3, 0.4) is 0 Å². The molecule has 0 amide bonds. The Morgan fingerprint density at radius 2 is 1.58 bits per heavy atom. The molecule has 0 saturated heterocycles. The van der Waals surface area contributed by atoms with E-state index in [0.29, 0.717) is 11.3 Å². The quantitative estimate of drug-likeness (QED) is 0.741. The van der Waals surface area contributed by atoms with Crippen molar-refractivity contribution in [3.05, 3.63) is 30.3 Å². The van der Waals surface area contributed by atoms with Gasteiger partial charge in [-0.05, 0) is 39.3 Å². The molecule has 0 aliphatic heterocycles. The van der Waals surface area contributed by atoms with E-state index in [1.54, 1.807) is 30.3 Å². The van der Waals surface area contributed by atoms with Crippen LogP contribution in [0.1, 0.15) is 54.4 Å². The summed E-state index contributed by atoms with van der Waals surface area (Å²) < 4.78 is 30.8. The number of hydrogen-bond acceptors (Lipinski definition) is 4. The molecule has 5 heteroatoms. The molecule has 136 valence electrons. The first-order valence-electron chi connectivity index (χ1n) is 8.30. The number of ketones is 1. The molecular weight excluding hydrogens is 324 g/mol. The van der Waals surface area contributed by atoms with Gasteiger partial charge in [0.25, 0.3) is 0 Å². The van der Waals surface area contributed by atoms with Gasteiger partial charge < -0.3 is 4.74 Å². The molecule has 0 bridgehead atoms. The molecule has 0 spiro atoms. The van der Waals surface area contributed by atoms with Gasteiger partial charge in [-0.1, -0.05) is 39.0 Å². The summed E-state index contributed by atoms with van der Waals surface area (Å²) in [4.78, 5) is 12.6. The fraction of sp³-hybridized carbons (Fsp3) is 0.632. The van der Waals surface area contributed by atoms with E-state index in [1.165, 1.54) is 0 Å². The highest BCUT2D eigenvalue weighted by atomic mass is 32.2. The summed E-state index contributed by atoms with van der Waals surface area (Å²) in [6.45, 7) is 11.3. The first kappa shape index (κ1) is 20.8. The van der Waals surface area contributed by atoms with Crippen molar-refractivity contribution in [2.45, 2.75) is 71.0 Å². The van der Waals surface area contributed by atoms with E-state index < -0.39 is 27.0 Å². The second kappa shape index (κ2) is 7.79. The molecule has 0 heterocycles. The van der Waals surface area contributed by atoms with Crippen molar-refractivity contribution in [3.63, 3.8) is 0 Å². The van der Waals surface area contributed by atoms with Gasteiger partial charge in [0.05, 0.1) is 22.4 Å². The van der Waals surface area contributed by atoms with Gasteiger partial charge in [0, 0.05) is 11.8 Å². The van der Waals surface area contributed by atoms with Crippen LogP contribution in [0.15, 0.2) is 35.2 Å². The normalized spacial score (nSPS) is 14.4. The van der Waals surface area contributed by atoms with Gasteiger partial charge in [-0.25, -0.2) is 8.42 Å². The third-order valence-electron chi connectivity index (χ3n) is 3.58. The number of benzene rings is 1. The first-order valence-corrected chi connectivity index (χ1v) is 9.95. The van der Waals surface area contributed by atoms with Crippen LogP contribution in [0.5, 0.6) is 0 Å². The zero-order chi connectivity index (χ0) is 18.6. The lowest BCUT2D eigenvalue weighted by Crippen LogP contribution is -2.33. The van der Waals surface area contributed by atoms with E-state index in [1.807, 2.05) is 41.5 Å². The third kappa shape index (κ3) is 7.14. The van der Waals surface area contributed by atoms with Crippen molar-refractivity contribution in [2.24, 2.45) is 5.41 Å². The van der Waals surface area contributed by atoms with Crippen molar-refractivity contribution in [1.29, 1.82) is 0 Å². The summed E-state index contributed by atoms with van der Waals surface area (Å²) in [5.74, 6) is 0.0451. The number of sulfone groups is 1. The molecule has 1 aromatic carbocycles. The van der Waals surface area contributed by atoms with Crippen LogP contribution in [0, 0.1) is 5.41 Å². The standard InChI is InChI=1S/C19H30O4S/c1-18(2,3)17(20)14-15(23-19(4,5)6)12-13-24(21,22)16-10-8-7-9-11-16/h7-11,15H,12-14H2,1-6H3. The summed E-state index contributed by atoms with van der Waals surface area (Å²) >= 11 is 0. The minimum Gasteiger partial charge on any atom is -0.372 e. The van der Waals surface area contributed by atoms with E-state index in [-0.39, 0.29) is 18.0 Å². The zero-order valence-corrected chi connectivity index (χ0v) is 16.4. The number of carbonyl (C=O) groups is 1. The largest absolute Gasteiger partial charge is 0.372 e. The zero-order valence-electron chi connectivity index (χ0n) is 15.6. The van der Waals surface area contributed by atoms with Gasteiger partial charge in [0.1, 0.15) is 5.78 Å². The number of rotatable bonds is 7. The van der Waals surface area contributed by atoms with Crippen molar-refractivity contribution in [2.75, 3.05) is 5.75 Å². The Morgan fingerprint density at radius 3 is 2.04 bits per heavy atom. The molecule has 0 fully saturated rings. The number of ether oxygens (including phenoxy) is 1. The van der Waals surface area contributed by atoms with Crippen molar-refractivity contribution in [3.8, 4) is 0 Å². The van der Waals surface area contributed by atoms with Crippen LogP contribution < -0.4 is 0 Å². The Morgan fingerprint density at radius 1 is 1.04 bits per heavy atom. The number of Topliss-reactive ketones (excluding diaryl/α,β-unsaturated/α-hetero) is 1. The molecule has 0 aromatic heterocycles. The molecular formula is C19H30O4S. The number of carbonyl (C=O) groups excluding carboxylic acids is 1. The van der Waals surface area contributed by atoms with E-state index in [4.69, 9.17) is 4.74 Å². The lowest BCUT2D eigenvalue weighted by molar-refractivity contribution is -0.132. The molecule has 1 rings (SSSR count). The van der Waals surface area contributed by atoms with Crippen molar-refractivity contribution in [1.82, 2.24) is 0 Å². The highest BCUT2D eigenvalue weighted by Gasteiger charge is 2.29. The van der Waals surface area contributed by atoms with Gasteiger partial charge in [-0.15, -0.1) is 0 Å². The van der Waals surface area contributed by atoms with Crippen LogP contribution in [0.25, 0.3) is 0 Å². The lowest BCUT2D eigenvalue weighted by Gasteiger charge is -2.29. The highest BCUT2D eigenvalue weighted by Crippen LogP contribution is 2.24. The molecule has 0 radical (unpaired) electrons. The van der Waals surface area contributed by atoms with Crippen LogP contribution in [-0.2, 0) is 19.4 Å². The SMILES string of the molecule is CC(C)(C)OC(CCS(=O)(=O)c1ccccc1)CC(=O)C(C)(C)C. The molecule has 24 heavy (non-hydrogen) atoms. The Bertz CT molecular complexity index is 634. The summed E-state index contributed by atoms with van der Waals surface area (Å²) in [7, 11) is -3.37. The maximum absolute atomic E-state index is 12.4. The predicted octanol–water partition coefficient (Wildman–Crippen LogP) is 4.04. The van der Waals surface area contributed by atoms with E-state index in [0.717, 1.165) is 0 Å². The third-order valence-corrected chi connectivity index (χ3v) is 5.34. The number of hydrogen-bond donors (Lipinski definition) is 0. The molecule has 0 N–H and O–H groups in total. The molecule has 1 unspecified atom stereocenters. The van der Waals surface area contributed by atoms with Gasteiger partial charge >= 0.3 is 0 Å². The Labute approximate surface area is 146 Å². The molecule has 4 nitrogen and oxygen atoms in total. The maximum Gasteiger partial charge on any atom is 0.178 e. The Balaban J connectivity index is 2.84. The highest BCUT2D eigenvalue weighted by molar-refractivity contribution is 7.91. The summed E-state index contributed by atoms with van der Waals surface area (Å²) in [6.07, 6.45) is 0.122. The van der Waals surface area contributed by atoms with Gasteiger partial charge in [-0.2, -0.15) is 0 Å². The summed E-state index contributed by atoms with van der Waals surface area (Å²) in [5, 5.41) is 0. The summed E-state index contributed by atoms with van der Waals surface area (Å²) in [5.41, 5.74) is -0.892. The molecule has 0 aliphatic carbocycles. The van der Waals surface area contributed by atoms with Crippen LogP contribution in [-0.4, -0.2) is 31.7 Å². The second-order valence-electron chi connectivity index (χ2n) is 8.15. The van der Waals surface area contributed by atoms with Crippen molar-refractivity contribution < 1.29 is 17.9 Å². The molecule has 1 atom stereocenters. The van der Waals surface area contributed by atoms with E-state index >= 15 is 0 Å². The minimum atomic E-state index is -3.37. The summed E-state index contributed by atoms with van der Waals surface area (Å²) in [6, 6.07) is 8.38. The first-order chi connectivity index (χ1) is 10.8. The maximum atomic E-state index is 12.4. The Hall–Kier alpha value is -1.20. The van der Waals surface area contributed by atoms with Crippen LogP contribution >= 0.6 is 0 Å². The molecule has 0 aliphatic rings. The van der Waals surface area contributed by atoms with Gasteiger partial charge in [-0.3, -0.25) is 4.79 Å². The lowest BCUT2D eigenvalue weighted by atomic mass is 9.87. The molecule has 0 saturated carbocycles. The fourth-order valence-electron chi connectivity index (χ4n) is 2.25. The average Bonchev–Trinajstić information content (AvgIpc) is 2.43. The van der Waals surface area contributed by atoms with Gasteiger partial charge in [0.2, 0.25) is 0 Å². The minimum absolute atomic E-state index is 0.0326. The smallest absolute Gasteiger partial charge is 0.178 e. The van der Waals surface area contributed by atoms with Crippen molar-refractivity contribution >= 4 is 15.6 Å².